The van der Waals surface area contributed by atoms with Crippen LogP contribution in [0.3, 0.4) is 0 Å². The van der Waals surface area contributed by atoms with E-state index in [1.807, 2.05) is 12.4 Å². The van der Waals surface area contributed by atoms with Gasteiger partial charge in [0.05, 0.1) is 0 Å². The van der Waals surface area contributed by atoms with Crippen molar-refractivity contribution in [3.05, 3.63) is 18.0 Å². The lowest BCUT2D eigenvalue weighted by molar-refractivity contribution is -0.135. The minimum absolute atomic E-state index is 0.0806. The number of nitrogens with zero attached hydrogens (tertiary/aromatic N) is 3. The van der Waals surface area contributed by atoms with Gasteiger partial charge in [0.2, 0.25) is 5.95 Å². The van der Waals surface area contributed by atoms with Gasteiger partial charge in [0.15, 0.2) is 0 Å². The first-order valence-electron chi connectivity index (χ1n) is 6.41. The van der Waals surface area contributed by atoms with Crippen LogP contribution < -0.4 is 4.90 Å². The average Bonchev–Trinajstić information content (AvgIpc) is 2.39. The molecule has 2 rings (SSSR count). The molecule has 0 atom stereocenters. The number of likely N-dealkylation sites (N-methyl/N-ethyl adjacent to an activating group) is 1. The molecule has 5 nitrogen and oxygen atoms in total. The lowest BCUT2D eigenvalue weighted by Crippen LogP contribution is -2.26. The molecule has 1 N–H and O–H groups in total. The van der Waals surface area contributed by atoms with Crippen molar-refractivity contribution >= 4 is 11.9 Å². The highest BCUT2D eigenvalue weighted by Crippen LogP contribution is 2.31. The lowest BCUT2D eigenvalue weighted by atomic mass is 9.85. The van der Waals surface area contributed by atoms with Crippen LogP contribution in [-0.4, -0.2) is 34.6 Å². The largest absolute Gasteiger partial charge is 0.480 e. The second kappa shape index (κ2) is 5.80. The lowest BCUT2D eigenvalue weighted by Gasteiger charge is -2.22. The minimum Gasteiger partial charge on any atom is -0.480 e. The van der Waals surface area contributed by atoms with Crippen LogP contribution in [0.15, 0.2) is 12.4 Å². The van der Waals surface area contributed by atoms with Gasteiger partial charge in [-0.25, -0.2) is 9.97 Å². The van der Waals surface area contributed by atoms with E-state index >= 15 is 0 Å². The average molecular weight is 249 g/mol. The molecule has 98 valence electrons. The molecule has 0 unspecified atom stereocenters. The number of carbonyl (C=O) groups is 1. The highest BCUT2D eigenvalue weighted by atomic mass is 16.4. The fourth-order valence-corrected chi connectivity index (χ4v) is 2.45. The summed E-state index contributed by atoms with van der Waals surface area (Å²) >= 11 is 0. The molecule has 1 fully saturated rings. The summed E-state index contributed by atoms with van der Waals surface area (Å²) in [6.45, 7) is -0.0806. The van der Waals surface area contributed by atoms with Crippen LogP contribution in [0, 0.1) is 0 Å². The van der Waals surface area contributed by atoms with Gasteiger partial charge < -0.3 is 10.0 Å². The van der Waals surface area contributed by atoms with E-state index in [0.717, 1.165) is 0 Å². The van der Waals surface area contributed by atoms with E-state index in [4.69, 9.17) is 5.11 Å². The van der Waals surface area contributed by atoms with Crippen molar-refractivity contribution in [2.45, 2.75) is 38.0 Å². The van der Waals surface area contributed by atoms with Crippen LogP contribution >= 0.6 is 0 Å². The maximum Gasteiger partial charge on any atom is 0.323 e. The molecular formula is C13H19N3O2. The van der Waals surface area contributed by atoms with Gasteiger partial charge >= 0.3 is 5.97 Å². The Kier molecular flexibility index (Phi) is 4.12. The summed E-state index contributed by atoms with van der Waals surface area (Å²) in [7, 11) is 1.68. The van der Waals surface area contributed by atoms with E-state index in [9.17, 15) is 4.79 Å². The highest BCUT2D eigenvalue weighted by Gasteiger charge is 2.16. The third-order valence-electron chi connectivity index (χ3n) is 3.45. The molecule has 1 saturated carbocycles. The Morgan fingerprint density at radius 1 is 1.33 bits per heavy atom. The fraction of sp³-hybridized carbons (Fsp3) is 0.615. The Balaban J connectivity index is 2.02. The highest BCUT2D eigenvalue weighted by molar-refractivity contribution is 5.72. The molecular weight excluding hydrogens is 230 g/mol. The number of hydrogen-bond acceptors (Lipinski definition) is 4. The molecule has 18 heavy (non-hydrogen) atoms. The van der Waals surface area contributed by atoms with Gasteiger partial charge in [-0.2, -0.15) is 0 Å². The van der Waals surface area contributed by atoms with Crippen molar-refractivity contribution in [1.29, 1.82) is 0 Å². The summed E-state index contributed by atoms with van der Waals surface area (Å²) in [6, 6.07) is 0. The van der Waals surface area contributed by atoms with Gasteiger partial charge in [-0.05, 0) is 24.3 Å². The van der Waals surface area contributed by atoms with Crippen LogP contribution in [0.5, 0.6) is 0 Å². The standard InChI is InChI=1S/C13H19N3O2/c1-16(9-12(17)18)13-14-7-11(8-15-13)10-5-3-2-4-6-10/h7-8,10H,2-6,9H2,1H3,(H,17,18). The second-order valence-corrected chi connectivity index (χ2v) is 4.90. The molecule has 0 aromatic carbocycles. The summed E-state index contributed by atoms with van der Waals surface area (Å²) in [5, 5.41) is 8.71. The summed E-state index contributed by atoms with van der Waals surface area (Å²) in [5.41, 5.74) is 1.18. The quantitative estimate of drug-likeness (QED) is 0.884. The van der Waals surface area contributed by atoms with Crippen molar-refractivity contribution in [1.82, 2.24) is 9.97 Å². The topological polar surface area (TPSA) is 66.3 Å². The molecule has 5 heteroatoms. The number of aromatic nitrogens is 2. The van der Waals surface area contributed by atoms with Crippen LogP contribution in [-0.2, 0) is 4.79 Å². The molecule has 0 radical (unpaired) electrons. The molecule has 1 aliphatic rings. The predicted octanol–water partition coefficient (Wildman–Crippen LogP) is 2.05. The van der Waals surface area contributed by atoms with E-state index in [2.05, 4.69) is 9.97 Å². The molecule has 1 aromatic heterocycles. The van der Waals surface area contributed by atoms with E-state index < -0.39 is 5.97 Å². The van der Waals surface area contributed by atoms with Crippen LogP contribution in [0.25, 0.3) is 0 Å². The van der Waals surface area contributed by atoms with E-state index in [0.29, 0.717) is 11.9 Å². The minimum atomic E-state index is -0.877. The van der Waals surface area contributed by atoms with Crippen molar-refractivity contribution in [2.24, 2.45) is 0 Å². The Morgan fingerprint density at radius 2 is 1.94 bits per heavy atom. The van der Waals surface area contributed by atoms with Gasteiger partial charge in [0, 0.05) is 19.4 Å². The number of carboxylic acid groups (broad SMARTS) is 1. The second-order valence-electron chi connectivity index (χ2n) is 4.90. The van der Waals surface area contributed by atoms with Crippen molar-refractivity contribution in [2.75, 3.05) is 18.5 Å². The van der Waals surface area contributed by atoms with Crippen molar-refractivity contribution < 1.29 is 9.90 Å². The molecule has 1 aliphatic carbocycles. The first kappa shape index (κ1) is 12.8. The predicted molar refractivity (Wildman–Crippen MR) is 68.8 cm³/mol. The van der Waals surface area contributed by atoms with E-state index in [-0.39, 0.29) is 6.54 Å². The number of anilines is 1. The van der Waals surface area contributed by atoms with Gasteiger partial charge in [0.1, 0.15) is 6.54 Å². The van der Waals surface area contributed by atoms with Crippen LogP contribution in [0.4, 0.5) is 5.95 Å². The molecule has 1 heterocycles. The zero-order valence-electron chi connectivity index (χ0n) is 10.7. The smallest absolute Gasteiger partial charge is 0.323 e. The third kappa shape index (κ3) is 3.18. The Labute approximate surface area is 107 Å². The molecule has 0 spiro atoms. The summed E-state index contributed by atoms with van der Waals surface area (Å²) < 4.78 is 0. The van der Waals surface area contributed by atoms with Gasteiger partial charge in [-0.3, -0.25) is 4.79 Å². The van der Waals surface area contributed by atoms with Gasteiger partial charge in [0.25, 0.3) is 0 Å². The first-order valence-corrected chi connectivity index (χ1v) is 6.41. The SMILES string of the molecule is CN(CC(=O)O)c1ncc(C2CCCCC2)cn1. The van der Waals surface area contributed by atoms with E-state index in [1.54, 1.807) is 7.05 Å². The molecule has 0 aliphatic heterocycles. The maximum atomic E-state index is 10.6. The number of rotatable bonds is 4. The summed E-state index contributed by atoms with van der Waals surface area (Å²) in [6.07, 6.45) is 10.0. The van der Waals surface area contributed by atoms with E-state index in [1.165, 1.54) is 42.6 Å². The molecule has 1 aromatic rings. The van der Waals surface area contributed by atoms with Gasteiger partial charge in [-0.1, -0.05) is 19.3 Å². The zero-order valence-corrected chi connectivity index (χ0v) is 10.7. The van der Waals surface area contributed by atoms with Crippen molar-refractivity contribution in [3.63, 3.8) is 0 Å². The molecule has 0 amide bonds. The molecule has 0 bridgehead atoms. The number of carboxylic acids is 1. The van der Waals surface area contributed by atoms with Crippen LogP contribution in [0.2, 0.25) is 0 Å². The Morgan fingerprint density at radius 3 is 2.50 bits per heavy atom. The normalized spacial score (nSPS) is 16.5. The Bertz CT molecular complexity index is 399. The van der Waals surface area contributed by atoms with Gasteiger partial charge in [-0.15, -0.1) is 0 Å². The fourth-order valence-electron chi connectivity index (χ4n) is 2.45. The summed E-state index contributed by atoms with van der Waals surface area (Å²) in [5.74, 6) is 0.173. The monoisotopic (exact) mass is 249 g/mol. The molecule has 0 saturated heterocycles. The first-order chi connectivity index (χ1) is 8.66. The summed E-state index contributed by atoms with van der Waals surface area (Å²) in [4.78, 5) is 20.7. The maximum absolute atomic E-state index is 10.6. The number of hydrogen-bond donors (Lipinski definition) is 1. The third-order valence-corrected chi connectivity index (χ3v) is 3.45. The zero-order chi connectivity index (χ0) is 13.0. The van der Waals surface area contributed by atoms with Crippen LogP contribution in [0.1, 0.15) is 43.6 Å². The van der Waals surface area contributed by atoms with Crippen molar-refractivity contribution in [3.8, 4) is 0 Å². The number of aliphatic carboxylic acids is 1. The Hall–Kier alpha value is -1.65.